The molecule has 0 aromatic heterocycles. The summed E-state index contributed by atoms with van der Waals surface area (Å²) in [5, 5.41) is 0.608. The summed E-state index contributed by atoms with van der Waals surface area (Å²) >= 11 is 1.97. The van der Waals surface area contributed by atoms with E-state index in [9.17, 15) is 0 Å². The average molecular weight is 177 g/mol. The van der Waals surface area contributed by atoms with E-state index in [-0.39, 0.29) is 0 Å². The number of hydrogen-bond acceptors (Lipinski definition) is 1. The molecule has 0 saturated carbocycles. The van der Waals surface area contributed by atoms with Crippen molar-refractivity contribution in [3.05, 3.63) is 34.8 Å². The molecule has 1 radical (unpaired) electrons. The molecule has 12 heavy (non-hydrogen) atoms. The van der Waals surface area contributed by atoms with Crippen LogP contribution in [0.15, 0.2) is 28.7 Å². The second-order valence-electron chi connectivity index (χ2n) is 3.20. The largest absolute Gasteiger partial charge is 0.117 e. The van der Waals surface area contributed by atoms with E-state index in [2.05, 4.69) is 31.2 Å². The first kappa shape index (κ1) is 8.18. The molecule has 0 saturated heterocycles. The number of rotatable bonds is 3. The molecular formula is C11H13S. The van der Waals surface area contributed by atoms with E-state index in [4.69, 9.17) is 0 Å². The molecule has 0 aromatic carbocycles. The Bertz CT molecular complexity index is 258. The molecule has 0 nitrogen and oxygen atoms in total. The summed E-state index contributed by atoms with van der Waals surface area (Å²) in [6, 6.07) is 0. The fourth-order valence-electron chi connectivity index (χ4n) is 1.48. The van der Waals surface area contributed by atoms with Crippen LogP contribution in [0.2, 0.25) is 0 Å². The second-order valence-corrected chi connectivity index (χ2v) is 4.43. The van der Waals surface area contributed by atoms with Gasteiger partial charge in [0.05, 0.1) is 5.25 Å². The first-order valence-corrected chi connectivity index (χ1v) is 5.46. The number of thioether (sulfide) groups is 1. The third-order valence-electron chi connectivity index (χ3n) is 2.18. The highest BCUT2D eigenvalue weighted by molar-refractivity contribution is 8.04. The molecule has 1 unspecified atom stereocenters. The molecule has 1 aliphatic carbocycles. The van der Waals surface area contributed by atoms with E-state index < -0.39 is 0 Å². The van der Waals surface area contributed by atoms with Crippen molar-refractivity contribution in [2.45, 2.75) is 31.4 Å². The van der Waals surface area contributed by atoms with Crippen LogP contribution in [0.3, 0.4) is 0 Å². The summed E-state index contributed by atoms with van der Waals surface area (Å²) in [6.45, 7) is 2.24. The van der Waals surface area contributed by atoms with Gasteiger partial charge in [0.1, 0.15) is 0 Å². The minimum Gasteiger partial charge on any atom is -0.117 e. The average Bonchev–Trinajstić information content (AvgIpc) is 2.58. The lowest BCUT2D eigenvalue weighted by Gasteiger charge is -2.01. The summed E-state index contributed by atoms with van der Waals surface area (Å²) < 4.78 is 0. The van der Waals surface area contributed by atoms with Crippen LogP contribution in [0.25, 0.3) is 0 Å². The van der Waals surface area contributed by atoms with Crippen LogP contribution < -0.4 is 0 Å². The van der Waals surface area contributed by atoms with Gasteiger partial charge in [-0.2, -0.15) is 0 Å². The van der Waals surface area contributed by atoms with E-state index in [1.54, 1.807) is 0 Å². The van der Waals surface area contributed by atoms with Gasteiger partial charge in [-0.1, -0.05) is 31.6 Å². The minimum absolute atomic E-state index is 0.608. The molecule has 0 N–H and O–H groups in total. The zero-order valence-corrected chi connectivity index (χ0v) is 8.16. The predicted octanol–water partition coefficient (Wildman–Crippen LogP) is 3.48. The summed E-state index contributed by atoms with van der Waals surface area (Å²) in [7, 11) is 0. The predicted molar refractivity (Wildman–Crippen MR) is 54.9 cm³/mol. The summed E-state index contributed by atoms with van der Waals surface area (Å²) in [6.07, 6.45) is 13.8. The van der Waals surface area contributed by atoms with Crippen LogP contribution in [0.4, 0.5) is 0 Å². The topological polar surface area (TPSA) is 0 Å². The van der Waals surface area contributed by atoms with Gasteiger partial charge in [0.15, 0.2) is 0 Å². The van der Waals surface area contributed by atoms with Crippen LogP contribution in [-0.2, 0) is 0 Å². The van der Waals surface area contributed by atoms with Gasteiger partial charge in [0.2, 0.25) is 0 Å². The molecule has 0 amide bonds. The molecule has 0 bridgehead atoms. The molecule has 0 aromatic rings. The van der Waals surface area contributed by atoms with Gasteiger partial charge in [0.25, 0.3) is 0 Å². The van der Waals surface area contributed by atoms with Gasteiger partial charge in [-0.15, -0.1) is 11.8 Å². The summed E-state index contributed by atoms with van der Waals surface area (Å²) in [4.78, 5) is 1.46. The Balaban J connectivity index is 1.95. The normalized spacial score (nSPS) is 25.6. The van der Waals surface area contributed by atoms with Crippen molar-refractivity contribution in [3.8, 4) is 0 Å². The summed E-state index contributed by atoms with van der Waals surface area (Å²) in [5.74, 6) is 0. The van der Waals surface area contributed by atoms with E-state index >= 15 is 0 Å². The Morgan fingerprint density at radius 3 is 3.25 bits per heavy atom. The van der Waals surface area contributed by atoms with Crippen LogP contribution >= 0.6 is 11.8 Å². The highest BCUT2D eigenvalue weighted by atomic mass is 32.2. The van der Waals surface area contributed by atoms with Crippen LogP contribution in [-0.4, -0.2) is 5.25 Å². The molecular weight excluding hydrogens is 164 g/mol. The molecule has 63 valence electrons. The van der Waals surface area contributed by atoms with E-state index in [1.807, 2.05) is 11.8 Å². The third-order valence-corrected chi connectivity index (χ3v) is 3.43. The van der Waals surface area contributed by atoms with Crippen molar-refractivity contribution in [1.82, 2.24) is 0 Å². The van der Waals surface area contributed by atoms with Crippen LogP contribution in [0.5, 0.6) is 0 Å². The van der Waals surface area contributed by atoms with Crippen molar-refractivity contribution >= 4 is 11.8 Å². The zero-order valence-electron chi connectivity index (χ0n) is 7.34. The minimum atomic E-state index is 0.608. The smallest absolute Gasteiger partial charge is 0.0531 e. The molecule has 2 rings (SSSR count). The van der Waals surface area contributed by atoms with Crippen molar-refractivity contribution in [2.75, 3.05) is 0 Å². The molecule has 0 spiro atoms. The van der Waals surface area contributed by atoms with E-state index in [1.165, 1.54) is 29.7 Å². The Hall–Kier alpha value is -0.430. The molecule has 0 fully saturated rings. The number of unbranched alkanes of at least 4 members (excludes halogenated alkanes) is 1. The Morgan fingerprint density at radius 2 is 2.50 bits per heavy atom. The molecule has 1 heteroatoms. The lowest BCUT2D eigenvalue weighted by molar-refractivity contribution is 0.808. The van der Waals surface area contributed by atoms with Crippen molar-refractivity contribution in [2.24, 2.45) is 0 Å². The summed E-state index contributed by atoms with van der Waals surface area (Å²) in [5.41, 5.74) is 1.38. The van der Waals surface area contributed by atoms with Gasteiger partial charge in [-0.25, -0.2) is 0 Å². The second kappa shape index (κ2) is 3.53. The number of hydrogen-bond donors (Lipinski definition) is 0. The van der Waals surface area contributed by atoms with Crippen molar-refractivity contribution in [1.29, 1.82) is 0 Å². The van der Waals surface area contributed by atoms with Gasteiger partial charge in [-0.3, -0.25) is 0 Å². The SMILES string of the molecule is CCCCC1=[C]C2=CC=CC2S1. The maximum atomic E-state index is 3.47. The first-order valence-electron chi connectivity index (χ1n) is 4.58. The maximum absolute atomic E-state index is 3.47. The fourth-order valence-corrected chi connectivity index (χ4v) is 2.66. The van der Waals surface area contributed by atoms with E-state index in [0.717, 1.165) is 0 Å². The zero-order chi connectivity index (χ0) is 8.39. The highest BCUT2D eigenvalue weighted by Crippen LogP contribution is 2.40. The van der Waals surface area contributed by atoms with Gasteiger partial charge in [-0.05, 0) is 29.4 Å². The Labute approximate surface area is 78.4 Å². The van der Waals surface area contributed by atoms with Crippen LogP contribution in [0.1, 0.15) is 26.2 Å². The first-order chi connectivity index (χ1) is 5.90. The monoisotopic (exact) mass is 177 g/mol. The Kier molecular flexibility index (Phi) is 2.40. The van der Waals surface area contributed by atoms with Crippen molar-refractivity contribution in [3.63, 3.8) is 0 Å². The maximum Gasteiger partial charge on any atom is 0.0531 e. The lowest BCUT2D eigenvalue weighted by Crippen LogP contribution is -1.89. The molecule has 2 aliphatic rings. The quantitative estimate of drug-likeness (QED) is 0.636. The lowest BCUT2D eigenvalue weighted by atomic mass is 10.2. The van der Waals surface area contributed by atoms with E-state index in [0.29, 0.717) is 5.25 Å². The fraction of sp³-hybridized carbons (Fsp3) is 0.455. The standard InChI is InChI=1S/C11H13S/c1-2-3-6-10-8-9-5-4-7-11(9)12-10/h4-5,7,11H,2-3,6H2,1H3. The molecule has 1 atom stereocenters. The third kappa shape index (κ3) is 1.51. The highest BCUT2D eigenvalue weighted by Gasteiger charge is 2.22. The van der Waals surface area contributed by atoms with Gasteiger partial charge >= 0.3 is 0 Å². The number of fused-ring (bicyclic) bond motifs is 1. The Morgan fingerprint density at radius 1 is 1.58 bits per heavy atom. The molecule has 1 aliphatic heterocycles. The van der Waals surface area contributed by atoms with Crippen molar-refractivity contribution < 1.29 is 0 Å². The molecule has 1 heterocycles. The van der Waals surface area contributed by atoms with Gasteiger partial charge < -0.3 is 0 Å². The number of allylic oxidation sites excluding steroid dienone is 4. The van der Waals surface area contributed by atoms with Crippen LogP contribution in [0, 0.1) is 6.08 Å². The van der Waals surface area contributed by atoms with Gasteiger partial charge in [0, 0.05) is 0 Å².